The summed E-state index contributed by atoms with van der Waals surface area (Å²) in [6, 6.07) is 0.872. The summed E-state index contributed by atoms with van der Waals surface area (Å²) >= 11 is 0. The van der Waals surface area contributed by atoms with Crippen molar-refractivity contribution in [3.05, 3.63) is 0 Å². The summed E-state index contributed by atoms with van der Waals surface area (Å²) in [6.07, 6.45) is 1.47. The van der Waals surface area contributed by atoms with Gasteiger partial charge in [0.1, 0.15) is 0 Å². The quantitative estimate of drug-likeness (QED) is 0.706. The number of hydrogen-bond donors (Lipinski definition) is 2. The van der Waals surface area contributed by atoms with Crippen molar-refractivity contribution in [3.8, 4) is 0 Å². The van der Waals surface area contributed by atoms with Crippen LogP contribution in [0.1, 0.15) is 20.3 Å². The molecule has 0 amide bonds. The Balaban J connectivity index is 0.000000368. The summed E-state index contributed by atoms with van der Waals surface area (Å²) in [4.78, 5) is 0. The second-order valence-electron chi connectivity index (χ2n) is 4.24. The lowest BCUT2D eigenvalue weighted by molar-refractivity contribution is 0.119. The maximum atomic E-state index is 5.27. The number of nitrogens with one attached hydrogen (secondary N) is 1. The molecule has 16 heavy (non-hydrogen) atoms. The van der Waals surface area contributed by atoms with Crippen molar-refractivity contribution in [1.29, 1.82) is 0 Å². The van der Waals surface area contributed by atoms with Crippen LogP contribution >= 0.6 is 0 Å². The third-order valence-electron chi connectivity index (χ3n) is 2.45. The Morgan fingerprint density at radius 1 is 1.25 bits per heavy atom. The molecule has 1 unspecified atom stereocenters. The maximum Gasteiger partial charge on any atom is 0.500 e. The summed E-state index contributed by atoms with van der Waals surface area (Å²) < 4.78 is 15.7. The van der Waals surface area contributed by atoms with Crippen molar-refractivity contribution in [1.82, 2.24) is 5.32 Å². The molecule has 0 radical (unpaired) electrons. The van der Waals surface area contributed by atoms with Gasteiger partial charge in [0.15, 0.2) is 0 Å². The first kappa shape index (κ1) is 16.0. The fourth-order valence-corrected chi connectivity index (χ4v) is 3.31. The van der Waals surface area contributed by atoms with E-state index in [2.05, 4.69) is 19.2 Å². The average Bonchev–Trinajstić information content (AvgIpc) is 2.24. The van der Waals surface area contributed by atoms with Gasteiger partial charge in [0, 0.05) is 27.4 Å². The lowest BCUT2D eigenvalue weighted by Gasteiger charge is -2.25. The molecule has 0 aromatic carbocycles. The van der Waals surface area contributed by atoms with E-state index < -0.39 is 8.80 Å². The van der Waals surface area contributed by atoms with Crippen LogP contribution < -0.4 is 11.1 Å². The van der Waals surface area contributed by atoms with Crippen LogP contribution in [-0.2, 0) is 13.3 Å². The van der Waals surface area contributed by atoms with Gasteiger partial charge in [-0.15, -0.1) is 0 Å². The zero-order valence-electron chi connectivity index (χ0n) is 11.1. The molecule has 5 nitrogen and oxygen atoms in total. The van der Waals surface area contributed by atoms with Gasteiger partial charge in [-0.25, -0.2) is 0 Å². The van der Waals surface area contributed by atoms with E-state index in [9.17, 15) is 0 Å². The van der Waals surface area contributed by atoms with Gasteiger partial charge >= 0.3 is 8.80 Å². The first-order chi connectivity index (χ1) is 7.49. The van der Waals surface area contributed by atoms with E-state index in [4.69, 9.17) is 19.0 Å². The lowest BCUT2D eigenvalue weighted by Crippen LogP contribution is -2.49. The SMILES string of the molecule is CO[Si](CC(C)C)(OC)OC.NC1CCN1. The van der Waals surface area contributed by atoms with Gasteiger partial charge in [0.25, 0.3) is 0 Å². The van der Waals surface area contributed by atoms with Crippen LogP contribution in [0.2, 0.25) is 6.04 Å². The van der Waals surface area contributed by atoms with E-state index in [0.717, 1.165) is 19.0 Å². The third kappa shape index (κ3) is 5.93. The van der Waals surface area contributed by atoms with E-state index >= 15 is 0 Å². The third-order valence-corrected chi connectivity index (χ3v) is 5.64. The molecule has 1 aliphatic heterocycles. The van der Waals surface area contributed by atoms with Crippen molar-refractivity contribution in [3.63, 3.8) is 0 Å². The van der Waals surface area contributed by atoms with Crippen molar-refractivity contribution in [2.45, 2.75) is 32.5 Å². The standard InChI is InChI=1S/C7H18O3Si.C3H8N2/c1-7(2)6-11(8-3,9-4)10-5;4-3-1-2-5-3/h7H,6H2,1-5H3;3,5H,1-2,4H2. The van der Waals surface area contributed by atoms with Gasteiger partial charge in [-0.05, 0) is 18.9 Å². The number of nitrogens with two attached hydrogens (primary N) is 1. The van der Waals surface area contributed by atoms with Crippen LogP contribution in [0.15, 0.2) is 0 Å². The van der Waals surface area contributed by atoms with E-state index in [-0.39, 0.29) is 0 Å². The van der Waals surface area contributed by atoms with Crippen LogP contribution in [0.5, 0.6) is 0 Å². The zero-order valence-corrected chi connectivity index (χ0v) is 12.1. The molecular formula is C10H26N2O3Si. The van der Waals surface area contributed by atoms with Crippen LogP contribution in [0.25, 0.3) is 0 Å². The van der Waals surface area contributed by atoms with E-state index in [1.165, 1.54) is 0 Å². The van der Waals surface area contributed by atoms with E-state index in [1.54, 1.807) is 21.3 Å². The Morgan fingerprint density at radius 3 is 1.69 bits per heavy atom. The van der Waals surface area contributed by atoms with Gasteiger partial charge in [-0.1, -0.05) is 13.8 Å². The summed E-state index contributed by atoms with van der Waals surface area (Å²) in [5.74, 6) is 0.543. The van der Waals surface area contributed by atoms with Gasteiger partial charge < -0.3 is 24.3 Å². The average molecular weight is 250 g/mol. The molecule has 0 aliphatic carbocycles. The maximum absolute atomic E-state index is 5.27. The molecule has 0 saturated carbocycles. The van der Waals surface area contributed by atoms with Gasteiger partial charge in [0.2, 0.25) is 0 Å². The fourth-order valence-electron chi connectivity index (χ4n) is 1.31. The second-order valence-corrected chi connectivity index (χ2v) is 7.24. The summed E-state index contributed by atoms with van der Waals surface area (Å²) in [5.41, 5.74) is 5.27. The van der Waals surface area contributed by atoms with Gasteiger partial charge in [-0.2, -0.15) is 0 Å². The van der Waals surface area contributed by atoms with Crippen LogP contribution in [0, 0.1) is 5.92 Å². The molecule has 0 aromatic heterocycles. The van der Waals surface area contributed by atoms with Crippen LogP contribution in [0.4, 0.5) is 0 Å². The number of rotatable bonds is 5. The Bertz CT molecular complexity index is 165. The topological polar surface area (TPSA) is 65.7 Å². The molecule has 6 heteroatoms. The molecule has 1 rings (SSSR count). The highest BCUT2D eigenvalue weighted by molar-refractivity contribution is 6.60. The zero-order chi connectivity index (χ0) is 12.6. The minimum Gasteiger partial charge on any atom is -0.377 e. The van der Waals surface area contributed by atoms with E-state index in [0.29, 0.717) is 12.1 Å². The largest absolute Gasteiger partial charge is 0.500 e. The minimum atomic E-state index is -2.28. The molecule has 1 atom stereocenters. The summed E-state index contributed by atoms with van der Waals surface area (Å²) in [7, 11) is 2.64. The monoisotopic (exact) mass is 250 g/mol. The van der Waals surface area contributed by atoms with Gasteiger partial charge in [-0.3, -0.25) is 0 Å². The van der Waals surface area contributed by atoms with Crippen molar-refractivity contribution >= 4 is 8.80 Å². The molecule has 1 heterocycles. The molecule has 3 N–H and O–H groups in total. The molecular weight excluding hydrogens is 224 g/mol. The molecule has 1 fully saturated rings. The van der Waals surface area contributed by atoms with Crippen molar-refractivity contribution in [2.24, 2.45) is 11.7 Å². The molecule has 1 saturated heterocycles. The predicted octanol–water partition coefficient (Wildman–Crippen LogP) is 0.785. The minimum absolute atomic E-state index is 0.315. The number of hydrogen-bond acceptors (Lipinski definition) is 5. The lowest BCUT2D eigenvalue weighted by atomic mass is 10.2. The Kier molecular flexibility index (Phi) is 8.17. The smallest absolute Gasteiger partial charge is 0.377 e. The highest BCUT2D eigenvalue weighted by atomic mass is 28.4. The Morgan fingerprint density at radius 2 is 1.62 bits per heavy atom. The summed E-state index contributed by atoms with van der Waals surface area (Å²) in [5, 5.41) is 2.99. The molecule has 1 aliphatic rings. The van der Waals surface area contributed by atoms with Crippen molar-refractivity contribution < 1.29 is 13.3 Å². The first-order valence-electron chi connectivity index (χ1n) is 5.64. The highest BCUT2D eigenvalue weighted by Crippen LogP contribution is 2.18. The highest BCUT2D eigenvalue weighted by Gasteiger charge is 2.38. The fraction of sp³-hybridized carbons (Fsp3) is 1.00. The second kappa shape index (κ2) is 8.16. The molecule has 0 bridgehead atoms. The Hall–Kier alpha value is 0.0169. The van der Waals surface area contributed by atoms with Crippen LogP contribution in [-0.4, -0.2) is 42.8 Å². The predicted molar refractivity (Wildman–Crippen MR) is 67.0 cm³/mol. The Labute approximate surface area is 100 Å². The molecule has 0 aromatic rings. The van der Waals surface area contributed by atoms with Crippen LogP contribution in [0.3, 0.4) is 0 Å². The van der Waals surface area contributed by atoms with Crippen molar-refractivity contribution in [2.75, 3.05) is 27.9 Å². The van der Waals surface area contributed by atoms with Gasteiger partial charge in [0.05, 0.1) is 6.17 Å². The normalized spacial score (nSPS) is 20.1. The molecule has 0 spiro atoms. The molecule has 98 valence electrons. The van der Waals surface area contributed by atoms with E-state index in [1.807, 2.05) is 0 Å². The summed E-state index contributed by atoms with van der Waals surface area (Å²) in [6.45, 7) is 5.36. The first-order valence-corrected chi connectivity index (χ1v) is 7.57.